The second-order valence-corrected chi connectivity index (χ2v) is 5.00. The minimum absolute atomic E-state index is 0.0198. The van der Waals surface area contributed by atoms with E-state index in [0.29, 0.717) is 12.2 Å². The molecule has 106 valence electrons. The van der Waals surface area contributed by atoms with E-state index in [0.717, 1.165) is 10.2 Å². The highest BCUT2D eigenvalue weighted by Crippen LogP contribution is 2.19. The van der Waals surface area contributed by atoms with E-state index < -0.39 is 11.9 Å². The molecule has 2 aromatic rings. The van der Waals surface area contributed by atoms with Crippen molar-refractivity contribution in [2.24, 2.45) is 0 Å². The third-order valence-electron chi connectivity index (χ3n) is 2.73. The van der Waals surface area contributed by atoms with Gasteiger partial charge in [0.25, 0.3) is 0 Å². The molecule has 1 aromatic heterocycles. The van der Waals surface area contributed by atoms with Gasteiger partial charge in [0.2, 0.25) is 0 Å². The molecule has 1 heterocycles. The van der Waals surface area contributed by atoms with Gasteiger partial charge in [0.15, 0.2) is 4.80 Å². The molecule has 0 radical (unpaired) electrons. The van der Waals surface area contributed by atoms with Crippen LogP contribution in [0.15, 0.2) is 18.2 Å². The summed E-state index contributed by atoms with van der Waals surface area (Å²) in [6, 6.07) is 5.00. The van der Waals surface area contributed by atoms with Crippen molar-refractivity contribution < 1.29 is 19.1 Å². The molecule has 1 N–H and O–H groups in total. The second kappa shape index (κ2) is 5.87. The number of ether oxygens (including phenoxy) is 2. The maximum absolute atomic E-state index is 11.7. The van der Waals surface area contributed by atoms with E-state index in [4.69, 9.17) is 10.1 Å². The van der Waals surface area contributed by atoms with Crippen molar-refractivity contribution in [1.82, 2.24) is 4.57 Å². The second-order valence-electron chi connectivity index (χ2n) is 3.97. The first-order chi connectivity index (χ1) is 9.56. The number of hydrogen-bond acceptors (Lipinski definition) is 6. The van der Waals surface area contributed by atoms with E-state index in [1.807, 2.05) is 0 Å². The minimum atomic E-state index is -0.419. The number of nitrogens with zero attached hydrogens (tertiary/aromatic N) is 1. The highest BCUT2D eigenvalue weighted by Gasteiger charge is 2.13. The number of fused-ring (bicyclic) bond motifs is 1. The zero-order valence-corrected chi connectivity index (χ0v) is 12.0. The standard InChI is InChI=1S/C13H14N2O4S/c1-3-19-12(17)8-4-5-9-10(6-8)20-13(14)15(9)7-11(16)18-2/h4-6,14H,3,7H2,1-2H3. The number of benzene rings is 1. The van der Waals surface area contributed by atoms with Crippen molar-refractivity contribution in [3.8, 4) is 0 Å². The number of methoxy groups -OCH3 is 1. The van der Waals surface area contributed by atoms with Crippen LogP contribution < -0.4 is 4.80 Å². The summed E-state index contributed by atoms with van der Waals surface area (Å²) in [5.74, 6) is -0.813. The first-order valence-electron chi connectivity index (χ1n) is 5.98. The Balaban J connectivity index is 2.44. The van der Waals surface area contributed by atoms with Gasteiger partial charge in [0, 0.05) is 0 Å². The van der Waals surface area contributed by atoms with Crippen LogP contribution in [0.25, 0.3) is 10.2 Å². The van der Waals surface area contributed by atoms with E-state index in [9.17, 15) is 9.59 Å². The molecular formula is C13H14N2O4S. The van der Waals surface area contributed by atoms with Gasteiger partial charge in [0.05, 0.1) is 29.5 Å². The highest BCUT2D eigenvalue weighted by atomic mass is 32.1. The lowest BCUT2D eigenvalue weighted by Crippen LogP contribution is -2.20. The SMILES string of the molecule is CCOC(=O)c1ccc2c(c1)sc(=N)n2CC(=O)OC. The Kier molecular flexibility index (Phi) is 4.19. The zero-order chi connectivity index (χ0) is 14.7. The number of esters is 2. The molecule has 0 atom stereocenters. The third kappa shape index (κ3) is 2.72. The van der Waals surface area contributed by atoms with Gasteiger partial charge < -0.3 is 14.0 Å². The van der Waals surface area contributed by atoms with Gasteiger partial charge >= 0.3 is 11.9 Å². The molecule has 0 aliphatic heterocycles. The van der Waals surface area contributed by atoms with Crippen molar-refractivity contribution in [2.45, 2.75) is 13.5 Å². The van der Waals surface area contributed by atoms with Crippen LogP contribution in [-0.2, 0) is 20.8 Å². The fraction of sp³-hybridized carbons (Fsp3) is 0.308. The van der Waals surface area contributed by atoms with E-state index >= 15 is 0 Å². The summed E-state index contributed by atoms with van der Waals surface area (Å²) in [6.45, 7) is 2.04. The number of thiazole rings is 1. The van der Waals surface area contributed by atoms with Crippen molar-refractivity contribution in [3.63, 3.8) is 0 Å². The van der Waals surface area contributed by atoms with Gasteiger partial charge in [-0.05, 0) is 25.1 Å². The fourth-order valence-electron chi connectivity index (χ4n) is 1.78. The summed E-state index contributed by atoms with van der Waals surface area (Å²) in [7, 11) is 1.31. The minimum Gasteiger partial charge on any atom is -0.468 e. The molecule has 0 fully saturated rings. The molecule has 0 bridgehead atoms. The smallest absolute Gasteiger partial charge is 0.338 e. The Morgan fingerprint density at radius 2 is 2.15 bits per heavy atom. The third-order valence-corrected chi connectivity index (χ3v) is 3.69. The maximum atomic E-state index is 11.7. The highest BCUT2D eigenvalue weighted by molar-refractivity contribution is 7.16. The number of carbonyl (C=O) groups is 2. The number of aromatic nitrogens is 1. The molecular weight excluding hydrogens is 280 g/mol. The predicted octanol–water partition coefficient (Wildman–Crippen LogP) is 1.53. The summed E-state index contributed by atoms with van der Waals surface area (Å²) in [5.41, 5.74) is 1.16. The van der Waals surface area contributed by atoms with Crippen LogP contribution in [0.5, 0.6) is 0 Å². The van der Waals surface area contributed by atoms with Crippen LogP contribution >= 0.6 is 11.3 Å². The number of nitrogens with one attached hydrogen (secondary N) is 1. The molecule has 0 amide bonds. The Morgan fingerprint density at radius 3 is 2.80 bits per heavy atom. The summed E-state index contributed by atoms with van der Waals surface area (Å²) in [6.07, 6.45) is 0. The lowest BCUT2D eigenvalue weighted by Gasteiger charge is -2.04. The number of carbonyl (C=O) groups excluding carboxylic acids is 2. The molecule has 0 aliphatic carbocycles. The molecule has 20 heavy (non-hydrogen) atoms. The molecule has 0 saturated carbocycles. The average molecular weight is 294 g/mol. The molecule has 2 rings (SSSR count). The Bertz CT molecular complexity index is 717. The number of rotatable bonds is 4. The van der Waals surface area contributed by atoms with Gasteiger partial charge in [-0.15, -0.1) is 0 Å². The van der Waals surface area contributed by atoms with E-state index in [1.165, 1.54) is 18.4 Å². The zero-order valence-electron chi connectivity index (χ0n) is 11.1. The average Bonchev–Trinajstić information content (AvgIpc) is 2.74. The lowest BCUT2D eigenvalue weighted by atomic mass is 10.2. The lowest BCUT2D eigenvalue weighted by molar-refractivity contribution is -0.141. The molecule has 0 saturated heterocycles. The van der Waals surface area contributed by atoms with Crippen LogP contribution in [0.3, 0.4) is 0 Å². The van der Waals surface area contributed by atoms with Gasteiger partial charge in [0.1, 0.15) is 6.54 Å². The Labute approximate surface area is 119 Å². The predicted molar refractivity (Wildman–Crippen MR) is 73.6 cm³/mol. The van der Waals surface area contributed by atoms with Crippen LogP contribution in [0.1, 0.15) is 17.3 Å². The maximum Gasteiger partial charge on any atom is 0.338 e. The van der Waals surface area contributed by atoms with Gasteiger partial charge in [-0.1, -0.05) is 11.3 Å². The molecule has 0 aliphatic rings. The first-order valence-corrected chi connectivity index (χ1v) is 6.80. The summed E-state index contributed by atoms with van der Waals surface area (Å²) in [5, 5.41) is 7.88. The molecule has 6 nitrogen and oxygen atoms in total. The topological polar surface area (TPSA) is 81.4 Å². The largest absolute Gasteiger partial charge is 0.468 e. The molecule has 7 heteroatoms. The van der Waals surface area contributed by atoms with Crippen molar-refractivity contribution in [2.75, 3.05) is 13.7 Å². The van der Waals surface area contributed by atoms with E-state index in [2.05, 4.69) is 4.74 Å². The van der Waals surface area contributed by atoms with Crippen molar-refractivity contribution in [1.29, 1.82) is 5.41 Å². The summed E-state index contributed by atoms with van der Waals surface area (Å²) < 4.78 is 11.8. The first kappa shape index (κ1) is 14.3. The summed E-state index contributed by atoms with van der Waals surface area (Å²) >= 11 is 1.19. The summed E-state index contributed by atoms with van der Waals surface area (Å²) in [4.78, 5) is 23.2. The molecule has 0 spiro atoms. The van der Waals surface area contributed by atoms with Crippen molar-refractivity contribution >= 4 is 33.5 Å². The van der Waals surface area contributed by atoms with Gasteiger partial charge in [-0.3, -0.25) is 10.2 Å². The van der Waals surface area contributed by atoms with E-state index in [-0.39, 0.29) is 11.3 Å². The van der Waals surface area contributed by atoms with Gasteiger partial charge in [-0.2, -0.15) is 0 Å². The quantitative estimate of drug-likeness (QED) is 0.867. The fourth-order valence-corrected chi connectivity index (χ4v) is 2.73. The van der Waals surface area contributed by atoms with Crippen LogP contribution in [0.2, 0.25) is 0 Å². The Morgan fingerprint density at radius 1 is 1.40 bits per heavy atom. The van der Waals surface area contributed by atoms with Crippen LogP contribution in [0.4, 0.5) is 0 Å². The Hall–Kier alpha value is -2.15. The van der Waals surface area contributed by atoms with E-state index in [1.54, 1.807) is 29.7 Å². The van der Waals surface area contributed by atoms with Crippen LogP contribution in [-0.4, -0.2) is 30.2 Å². The van der Waals surface area contributed by atoms with Crippen LogP contribution in [0, 0.1) is 5.41 Å². The monoisotopic (exact) mass is 294 g/mol. The number of hydrogen-bond donors (Lipinski definition) is 1. The molecule has 0 unspecified atom stereocenters. The normalized spacial score (nSPS) is 10.5. The molecule has 1 aromatic carbocycles. The van der Waals surface area contributed by atoms with Crippen molar-refractivity contribution in [3.05, 3.63) is 28.6 Å². The van der Waals surface area contributed by atoms with Gasteiger partial charge in [-0.25, -0.2) is 4.79 Å².